The molecule has 0 bridgehead atoms. The lowest BCUT2D eigenvalue weighted by molar-refractivity contribution is 0.311. The van der Waals surface area contributed by atoms with Crippen molar-refractivity contribution in [3.05, 3.63) is 77.8 Å². The molecule has 0 aliphatic carbocycles. The predicted octanol–water partition coefficient (Wildman–Crippen LogP) is 5.76. The maximum absolute atomic E-state index is 6.18. The van der Waals surface area contributed by atoms with Crippen LogP contribution >= 0.6 is 0 Å². The van der Waals surface area contributed by atoms with E-state index in [2.05, 4.69) is 73.2 Å². The van der Waals surface area contributed by atoms with Crippen molar-refractivity contribution in [2.45, 2.75) is 39.5 Å². The molecule has 0 saturated heterocycles. The lowest BCUT2D eigenvalue weighted by Crippen LogP contribution is -2.00. The fraction of sp³-hybridized carbons (Fsp3) is 0.269. The van der Waals surface area contributed by atoms with E-state index in [0.29, 0.717) is 5.82 Å². The molecule has 0 saturated carbocycles. The number of fused-ring (bicyclic) bond motifs is 3. The lowest BCUT2D eigenvalue weighted by Gasteiger charge is -2.11. The van der Waals surface area contributed by atoms with Gasteiger partial charge < -0.3 is 10.5 Å². The van der Waals surface area contributed by atoms with E-state index >= 15 is 0 Å². The number of nitrogens with two attached hydrogens (primary N) is 1. The summed E-state index contributed by atoms with van der Waals surface area (Å²) in [7, 11) is 0. The van der Waals surface area contributed by atoms with E-state index in [-0.39, 0.29) is 0 Å². The molecule has 2 aromatic heterocycles. The van der Waals surface area contributed by atoms with Crippen molar-refractivity contribution in [2.24, 2.45) is 0 Å². The van der Waals surface area contributed by atoms with Gasteiger partial charge in [0.05, 0.1) is 12.1 Å². The van der Waals surface area contributed by atoms with Crippen LogP contribution in [0.15, 0.2) is 48.7 Å². The van der Waals surface area contributed by atoms with Crippen molar-refractivity contribution >= 4 is 27.6 Å². The average molecular weight is 399 g/mol. The summed E-state index contributed by atoms with van der Waals surface area (Å²) in [5, 5.41) is 2.17. The van der Waals surface area contributed by atoms with E-state index in [1.54, 1.807) is 0 Å². The Bertz CT molecular complexity index is 1200. The van der Waals surface area contributed by atoms with Crippen molar-refractivity contribution in [3.63, 3.8) is 0 Å². The normalized spacial score (nSPS) is 11.3. The minimum Gasteiger partial charge on any atom is -0.494 e. The van der Waals surface area contributed by atoms with Gasteiger partial charge in [0.15, 0.2) is 5.82 Å². The molecule has 4 heteroatoms. The van der Waals surface area contributed by atoms with Gasteiger partial charge in [-0.15, -0.1) is 0 Å². The Balaban J connectivity index is 1.56. The predicted molar refractivity (Wildman–Crippen MR) is 125 cm³/mol. The minimum absolute atomic E-state index is 0.486. The summed E-state index contributed by atoms with van der Waals surface area (Å²) < 4.78 is 5.79. The van der Waals surface area contributed by atoms with Gasteiger partial charge in [-0.25, -0.2) is 4.98 Å². The summed E-state index contributed by atoms with van der Waals surface area (Å²) in [5.74, 6) is 1.42. The van der Waals surface area contributed by atoms with Gasteiger partial charge in [-0.05, 0) is 79.6 Å². The largest absolute Gasteiger partial charge is 0.494 e. The number of hydrogen-bond donors (Lipinski definition) is 1. The smallest absolute Gasteiger partial charge is 0.150 e. The fourth-order valence-corrected chi connectivity index (χ4v) is 3.81. The molecule has 2 heterocycles. The molecule has 0 aliphatic heterocycles. The third-order valence-corrected chi connectivity index (χ3v) is 5.53. The fourth-order valence-electron chi connectivity index (χ4n) is 3.81. The Morgan fingerprint density at radius 2 is 1.87 bits per heavy atom. The Morgan fingerprint density at radius 3 is 2.67 bits per heavy atom. The molecule has 30 heavy (non-hydrogen) atoms. The highest BCUT2D eigenvalue weighted by atomic mass is 16.5. The Morgan fingerprint density at radius 1 is 1.00 bits per heavy atom. The summed E-state index contributed by atoms with van der Waals surface area (Å²) in [4.78, 5) is 9.17. The molecular weight excluding hydrogens is 370 g/mol. The van der Waals surface area contributed by atoms with Crippen molar-refractivity contribution in [3.8, 4) is 5.75 Å². The number of nitrogens with zero attached hydrogens (tertiary/aromatic N) is 2. The van der Waals surface area contributed by atoms with Crippen molar-refractivity contribution < 1.29 is 4.74 Å². The molecule has 0 atom stereocenters. The van der Waals surface area contributed by atoms with Crippen LogP contribution in [0.4, 0.5) is 5.82 Å². The lowest BCUT2D eigenvalue weighted by atomic mass is 9.99. The molecule has 0 amide bonds. The van der Waals surface area contributed by atoms with Crippen LogP contribution in [-0.4, -0.2) is 16.6 Å². The SMILES string of the molecule is [CH2]CCCOc1ccc(CCc2cnc3c(N)nc4cc(C)ccc4c3c2)c(C)c1. The van der Waals surface area contributed by atoms with Crippen LogP contribution in [-0.2, 0) is 12.8 Å². The topological polar surface area (TPSA) is 61.0 Å². The number of anilines is 1. The van der Waals surface area contributed by atoms with E-state index < -0.39 is 0 Å². The number of hydrogen-bond acceptors (Lipinski definition) is 4. The summed E-state index contributed by atoms with van der Waals surface area (Å²) in [6, 6.07) is 14.9. The first-order chi connectivity index (χ1) is 14.5. The van der Waals surface area contributed by atoms with Gasteiger partial charge in [0.1, 0.15) is 11.3 Å². The second-order valence-electron chi connectivity index (χ2n) is 7.90. The van der Waals surface area contributed by atoms with Crippen LogP contribution in [0, 0.1) is 20.8 Å². The zero-order valence-corrected chi connectivity index (χ0v) is 17.7. The van der Waals surface area contributed by atoms with Crippen LogP contribution < -0.4 is 10.5 Å². The maximum atomic E-state index is 6.18. The number of ether oxygens (including phenoxy) is 1. The summed E-state index contributed by atoms with van der Waals surface area (Å²) in [6.45, 7) is 8.78. The molecule has 0 unspecified atom stereocenters. The van der Waals surface area contributed by atoms with Crippen LogP contribution in [0.5, 0.6) is 5.75 Å². The third-order valence-electron chi connectivity index (χ3n) is 5.53. The Kier molecular flexibility index (Phi) is 5.84. The van der Waals surface area contributed by atoms with Gasteiger partial charge in [0.2, 0.25) is 0 Å². The first-order valence-corrected chi connectivity index (χ1v) is 10.5. The Hall–Kier alpha value is -3.14. The van der Waals surface area contributed by atoms with Crippen LogP contribution in [0.25, 0.3) is 21.8 Å². The molecule has 4 rings (SSSR count). The van der Waals surface area contributed by atoms with E-state index in [1.807, 2.05) is 6.20 Å². The zero-order valence-electron chi connectivity index (χ0n) is 17.7. The van der Waals surface area contributed by atoms with Gasteiger partial charge in [-0.3, -0.25) is 4.98 Å². The highest BCUT2D eigenvalue weighted by molar-refractivity contribution is 6.08. The molecule has 0 fully saturated rings. The number of rotatable bonds is 7. The molecule has 2 aromatic carbocycles. The number of pyridine rings is 2. The van der Waals surface area contributed by atoms with Crippen molar-refractivity contribution in [2.75, 3.05) is 12.3 Å². The number of aryl methyl sites for hydroxylation is 4. The third kappa shape index (κ3) is 4.23. The summed E-state index contributed by atoms with van der Waals surface area (Å²) in [6.07, 6.45) is 5.67. The quantitative estimate of drug-likeness (QED) is 0.317. The first kappa shape index (κ1) is 20.1. The van der Waals surface area contributed by atoms with Gasteiger partial charge in [0.25, 0.3) is 0 Å². The maximum Gasteiger partial charge on any atom is 0.150 e. The van der Waals surface area contributed by atoms with Crippen LogP contribution in [0.2, 0.25) is 0 Å². The first-order valence-electron chi connectivity index (χ1n) is 10.5. The molecule has 153 valence electrons. The molecular formula is C26H28N3O. The molecule has 1 radical (unpaired) electrons. The molecule has 0 aliphatic rings. The van der Waals surface area contributed by atoms with E-state index in [1.165, 1.54) is 22.3 Å². The summed E-state index contributed by atoms with van der Waals surface area (Å²) >= 11 is 0. The van der Waals surface area contributed by atoms with Gasteiger partial charge in [-0.1, -0.05) is 31.5 Å². The standard InChI is InChI=1S/C26H28N3O/c1-4-5-12-30-21-10-9-20(18(3)14-21)8-7-19-15-23-22-11-6-17(2)13-24(22)29-26(27)25(23)28-16-19/h6,9-11,13-16H,1,4-5,7-8,12H2,2-3H3,(H2,27,29). The zero-order chi connectivity index (χ0) is 21.1. The van der Waals surface area contributed by atoms with Gasteiger partial charge in [-0.2, -0.15) is 0 Å². The highest BCUT2D eigenvalue weighted by Gasteiger charge is 2.10. The molecule has 4 aromatic rings. The second-order valence-corrected chi connectivity index (χ2v) is 7.90. The summed E-state index contributed by atoms with van der Waals surface area (Å²) in [5.41, 5.74) is 12.8. The van der Waals surface area contributed by atoms with E-state index in [9.17, 15) is 0 Å². The Labute approximate surface area is 178 Å². The number of aromatic nitrogens is 2. The van der Waals surface area contributed by atoms with E-state index in [0.717, 1.165) is 59.8 Å². The van der Waals surface area contributed by atoms with Crippen LogP contribution in [0.3, 0.4) is 0 Å². The van der Waals surface area contributed by atoms with Gasteiger partial charge in [0, 0.05) is 17.0 Å². The number of nitrogen functional groups attached to an aromatic ring is 1. The molecule has 4 nitrogen and oxygen atoms in total. The van der Waals surface area contributed by atoms with E-state index in [4.69, 9.17) is 10.5 Å². The van der Waals surface area contributed by atoms with Crippen molar-refractivity contribution in [1.82, 2.24) is 9.97 Å². The highest BCUT2D eigenvalue weighted by Crippen LogP contribution is 2.28. The average Bonchev–Trinajstić information content (AvgIpc) is 2.73. The van der Waals surface area contributed by atoms with Crippen LogP contribution in [0.1, 0.15) is 35.1 Å². The minimum atomic E-state index is 0.486. The van der Waals surface area contributed by atoms with Gasteiger partial charge >= 0.3 is 0 Å². The second kappa shape index (κ2) is 8.70. The monoisotopic (exact) mass is 398 g/mol. The molecule has 0 spiro atoms. The number of unbranched alkanes of at least 4 members (excludes halogenated alkanes) is 1. The number of benzene rings is 2. The van der Waals surface area contributed by atoms with Crippen molar-refractivity contribution in [1.29, 1.82) is 0 Å². The molecule has 2 N–H and O–H groups in total.